The van der Waals surface area contributed by atoms with Crippen LogP contribution in [0.4, 0.5) is 0 Å². The van der Waals surface area contributed by atoms with Gasteiger partial charge in [-0.15, -0.1) is 0 Å². The molecule has 9 nitrogen and oxygen atoms in total. The number of aromatic nitrogens is 2. The molecule has 236 valence electrons. The zero-order valence-electron chi connectivity index (χ0n) is 25.5. The second-order valence-electron chi connectivity index (χ2n) is 11.0. The van der Waals surface area contributed by atoms with Crippen LogP contribution in [0.15, 0.2) is 85.2 Å². The maximum Gasteiger partial charge on any atom is 0.130 e. The molecule has 2 aliphatic rings. The van der Waals surface area contributed by atoms with Crippen molar-refractivity contribution in [2.24, 2.45) is 0 Å². The van der Waals surface area contributed by atoms with E-state index in [1.165, 1.54) is 11.1 Å². The molecule has 2 aromatic carbocycles. The average molecular weight is 613 g/mol. The molecule has 9 heteroatoms. The molecule has 0 N–H and O–H groups in total. The van der Waals surface area contributed by atoms with E-state index < -0.39 is 0 Å². The summed E-state index contributed by atoms with van der Waals surface area (Å²) in [6.07, 6.45) is 5.66. The van der Waals surface area contributed by atoms with Gasteiger partial charge in [-0.05, 0) is 84.3 Å². The standard InChI is InChI=1S/C36H40N2O7/c1-3-9-37-29(5-1)25-44-33-21-27-19-31(23-33)42-17-15-40-13-11-39-12-14-41-16-18-43-32-20-28(36-8-7-35(27)36)22-34(24-32)45-26-30-6-2-4-10-38-30/h1-6,9-10,19-24,35-36H,7-8,11-18,25-26H2. The molecule has 0 radical (unpaired) electrons. The molecule has 2 unspecified atom stereocenters. The zero-order valence-corrected chi connectivity index (χ0v) is 25.5. The van der Waals surface area contributed by atoms with Gasteiger partial charge in [0.25, 0.3) is 0 Å². The highest BCUT2D eigenvalue weighted by molar-refractivity contribution is 5.46. The van der Waals surface area contributed by atoms with Crippen LogP contribution in [0.25, 0.3) is 0 Å². The smallest absolute Gasteiger partial charge is 0.130 e. The van der Waals surface area contributed by atoms with Crippen LogP contribution in [0.5, 0.6) is 23.0 Å². The monoisotopic (exact) mass is 612 g/mol. The molecule has 1 saturated carbocycles. The highest BCUT2D eigenvalue weighted by Crippen LogP contribution is 2.51. The molecule has 6 rings (SSSR count). The molecule has 45 heavy (non-hydrogen) atoms. The van der Waals surface area contributed by atoms with Crippen molar-refractivity contribution in [1.29, 1.82) is 0 Å². The topological polar surface area (TPSA) is 90.4 Å². The number of ether oxygens (including phenoxy) is 7. The van der Waals surface area contributed by atoms with E-state index in [4.69, 9.17) is 33.2 Å². The first-order chi connectivity index (χ1) is 22.3. The second-order valence-corrected chi connectivity index (χ2v) is 11.0. The van der Waals surface area contributed by atoms with Crippen molar-refractivity contribution in [2.45, 2.75) is 37.9 Å². The number of hydrogen-bond donors (Lipinski definition) is 0. The molecule has 0 saturated heterocycles. The summed E-state index contributed by atoms with van der Waals surface area (Å²) in [6, 6.07) is 24.0. The first-order valence-corrected chi connectivity index (χ1v) is 15.6. The quantitative estimate of drug-likeness (QED) is 0.256. The minimum atomic E-state index is 0.287. The van der Waals surface area contributed by atoms with Crippen LogP contribution < -0.4 is 18.9 Å². The van der Waals surface area contributed by atoms with Crippen LogP contribution >= 0.6 is 0 Å². The first-order valence-electron chi connectivity index (χ1n) is 15.6. The fourth-order valence-corrected chi connectivity index (χ4v) is 5.51. The number of fused-ring (bicyclic) bond motifs is 7. The SMILES string of the molecule is c1ccc(COc2cc3cc(c2)C2CCC2c2cc(cc(OCc4ccccn4)c2)OCCOCCOCCOCCO3)nc1. The highest BCUT2D eigenvalue weighted by Gasteiger charge is 2.34. The van der Waals surface area contributed by atoms with Gasteiger partial charge in [0.15, 0.2) is 0 Å². The van der Waals surface area contributed by atoms with E-state index in [0.29, 0.717) is 66.1 Å². The summed E-state index contributed by atoms with van der Waals surface area (Å²) in [5, 5.41) is 0. The summed E-state index contributed by atoms with van der Waals surface area (Å²) in [5.41, 5.74) is 4.09. The van der Waals surface area contributed by atoms with Crippen molar-refractivity contribution in [3.63, 3.8) is 0 Å². The lowest BCUT2D eigenvalue weighted by molar-refractivity contribution is 0.00497. The van der Waals surface area contributed by atoms with Gasteiger partial charge >= 0.3 is 0 Å². The van der Waals surface area contributed by atoms with Crippen molar-refractivity contribution in [3.8, 4) is 23.0 Å². The highest BCUT2D eigenvalue weighted by atomic mass is 16.6. The lowest BCUT2D eigenvalue weighted by Crippen LogP contribution is -2.22. The second kappa shape index (κ2) is 16.2. The van der Waals surface area contributed by atoms with Crippen LogP contribution in [0.1, 0.15) is 47.2 Å². The van der Waals surface area contributed by atoms with Gasteiger partial charge in [0.05, 0.1) is 51.0 Å². The Bertz CT molecular complexity index is 1360. The minimum absolute atomic E-state index is 0.287. The molecule has 2 atom stereocenters. The fraction of sp³-hybridized carbons (Fsp3) is 0.389. The van der Waals surface area contributed by atoms with E-state index >= 15 is 0 Å². The summed E-state index contributed by atoms with van der Waals surface area (Å²) in [5.74, 6) is 3.60. The van der Waals surface area contributed by atoms with E-state index in [1.807, 2.05) is 48.5 Å². The Labute approximate surface area is 264 Å². The normalized spacial score (nSPS) is 19.4. The van der Waals surface area contributed by atoms with Crippen LogP contribution in [-0.2, 0) is 27.4 Å². The first kappa shape index (κ1) is 30.8. The molecule has 2 aromatic heterocycles. The Morgan fingerprint density at radius 1 is 0.533 bits per heavy atom. The number of rotatable bonds is 6. The molecule has 1 aliphatic heterocycles. The Morgan fingerprint density at radius 2 is 0.978 bits per heavy atom. The summed E-state index contributed by atoms with van der Waals surface area (Å²) in [6.45, 7) is 4.52. The minimum Gasteiger partial charge on any atom is -0.491 e. The third kappa shape index (κ3) is 9.17. The van der Waals surface area contributed by atoms with E-state index in [0.717, 1.165) is 47.2 Å². The van der Waals surface area contributed by atoms with Gasteiger partial charge in [0.2, 0.25) is 0 Å². The van der Waals surface area contributed by atoms with E-state index in [2.05, 4.69) is 34.2 Å². The molecule has 1 aliphatic carbocycles. The van der Waals surface area contributed by atoms with Gasteiger partial charge < -0.3 is 33.2 Å². The predicted octanol–water partition coefficient (Wildman–Crippen LogP) is 6.12. The van der Waals surface area contributed by atoms with E-state index in [-0.39, 0.29) is 11.8 Å². The molecular weight excluding hydrogens is 572 g/mol. The number of nitrogens with zero attached hydrogens (tertiary/aromatic N) is 2. The largest absolute Gasteiger partial charge is 0.491 e. The van der Waals surface area contributed by atoms with Gasteiger partial charge in [-0.25, -0.2) is 0 Å². The third-order valence-corrected chi connectivity index (χ3v) is 7.90. The summed E-state index contributed by atoms with van der Waals surface area (Å²) in [4.78, 5) is 8.80. The van der Waals surface area contributed by atoms with Gasteiger partial charge in [-0.1, -0.05) is 12.1 Å². The zero-order chi connectivity index (χ0) is 30.5. The van der Waals surface area contributed by atoms with Gasteiger partial charge in [0, 0.05) is 24.5 Å². The summed E-state index contributed by atoms with van der Waals surface area (Å²) in [7, 11) is 0. The van der Waals surface area contributed by atoms with Crippen LogP contribution in [0.2, 0.25) is 0 Å². The van der Waals surface area contributed by atoms with Crippen molar-refractivity contribution in [3.05, 3.63) is 108 Å². The maximum absolute atomic E-state index is 6.22. The Balaban J connectivity index is 1.25. The van der Waals surface area contributed by atoms with Crippen LogP contribution in [0, 0.1) is 0 Å². The van der Waals surface area contributed by atoms with Crippen LogP contribution in [-0.4, -0.2) is 62.8 Å². The van der Waals surface area contributed by atoms with E-state index in [9.17, 15) is 0 Å². The number of hydrogen-bond acceptors (Lipinski definition) is 9. The molecule has 1 fully saturated rings. The Hall–Kier alpha value is -4.18. The van der Waals surface area contributed by atoms with E-state index in [1.54, 1.807) is 12.4 Å². The lowest BCUT2D eigenvalue weighted by atomic mass is 9.67. The average Bonchev–Trinajstić information content (AvgIpc) is 3.05. The van der Waals surface area contributed by atoms with Crippen molar-refractivity contribution in [2.75, 3.05) is 52.9 Å². The summed E-state index contributed by atoms with van der Waals surface area (Å²) >= 11 is 0. The van der Waals surface area contributed by atoms with Crippen LogP contribution in [0.3, 0.4) is 0 Å². The molecule has 3 heterocycles. The molecule has 4 aromatic rings. The molecule has 0 spiro atoms. The Kier molecular flexibility index (Phi) is 11.1. The summed E-state index contributed by atoms with van der Waals surface area (Å²) < 4.78 is 41.8. The van der Waals surface area contributed by atoms with Crippen molar-refractivity contribution >= 4 is 0 Å². The number of benzene rings is 2. The van der Waals surface area contributed by atoms with Gasteiger partial charge in [-0.3, -0.25) is 9.97 Å². The predicted molar refractivity (Wildman–Crippen MR) is 168 cm³/mol. The third-order valence-electron chi connectivity index (χ3n) is 7.90. The van der Waals surface area contributed by atoms with Gasteiger partial charge in [0.1, 0.15) is 49.4 Å². The Morgan fingerprint density at radius 3 is 1.38 bits per heavy atom. The van der Waals surface area contributed by atoms with Crippen molar-refractivity contribution in [1.82, 2.24) is 9.97 Å². The fourth-order valence-electron chi connectivity index (χ4n) is 5.51. The maximum atomic E-state index is 6.22. The lowest BCUT2D eigenvalue weighted by Gasteiger charge is -2.38. The molecular formula is C36H40N2O7. The van der Waals surface area contributed by atoms with Gasteiger partial charge in [-0.2, -0.15) is 0 Å². The molecule has 0 amide bonds. The van der Waals surface area contributed by atoms with Crippen molar-refractivity contribution < 1.29 is 33.2 Å². The molecule has 4 bridgehead atoms. The number of pyridine rings is 2.